The predicted molar refractivity (Wildman–Crippen MR) is 97.7 cm³/mol. The number of anilines is 1. The number of thiophene rings is 1. The van der Waals surface area contributed by atoms with Gasteiger partial charge in [0.05, 0.1) is 29.6 Å². The number of esters is 1. The molecule has 2 N–H and O–H groups in total. The van der Waals surface area contributed by atoms with Crippen LogP contribution in [-0.2, 0) is 9.53 Å². The lowest BCUT2D eigenvalue weighted by Gasteiger charge is -2.29. The average Bonchev–Trinajstić information content (AvgIpc) is 2.86. The maximum atomic E-state index is 12.5. The highest BCUT2D eigenvalue weighted by Crippen LogP contribution is 2.34. The fraction of sp³-hybridized carbons (Fsp3) is 0.611. The van der Waals surface area contributed by atoms with E-state index in [1.165, 1.54) is 18.2 Å². The number of rotatable bonds is 6. The number of piperidine rings is 1. The molecule has 1 amide bonds. The van der Waals surface area contributed by atoms with Crippen molar-refractivity contribution >= 4 is 34.0 Å². The minimum absolute atomic E-state index is 0.121. The zero-order chi connectivity index (χ0) is 18.6. The van der Waals surface area contributed by atoms with Crippen LogP contribution in [0, 0.1) is 6.92 Å². The molecule has 1 unspecified atom stereocenters. The zero-order valence-electron chi connectivity index (χ0n) is 15.4. The minimum atomic E-state index is -0.502. The first-order chi connectivity index (χ1) is 11.8. The van der Waals surface area contributed by atoms with Crippen LogP contribution in [0.4, 0.5) is 5.00 Å². The van der Waals surface area contributed by atoms with Crippen LogP contribution in [0.3, 0.4) is 0 Å². The molecule has 1 aliphatic heterocycles. The van der Waals surface area contributed by atoms with Gasteiger partial charge in [0.2, 0.25) is 0 Å². The molecule has 138 valence electrons. The molecule has 1 aromatic heterocycles. The first kappa shape index (κ1) is 19.6. The first-order valence-corrected chi connectivity index (χ1v) is 9.62. The van der Waals surface area contributed by atoms with Crippen molar-refractivity contribution < 1.29 is 24.0 Å². The second-order valence-corrected chi connectivity index (χ2v) is 7.59. The molecular weight excluding hydrogens is 340 g/mol. The van der Waals surface area contributed by atoms with Gasteiger partial charge in [0.1, 0.15) is 5.00 Å². The number of ether oxygens (including phenoxy) is 1. The smallest absolute Gasteiger partial charge is 0.341 e. The van der Waals surface area contributed by atoms with Crippen molar-refractivity contribution in [2.75, 3.05) is 25.0 Å². The van der Waals surface area contributed by atoms with Crippen LogP contribution in [0.15, 0.2) is 0 Å². The fourth-order valence-corrected chi connectivity index (χ4v) is 4.39. The number of likely N-dealkylation sites (tertiary alicyclic amines) is 1. The van der Waals surface area contributed by atoms with Crippen molar-refractivity contribution in [1.29, 1.82) is 0 Å². The lowest BCUT2D eigenvalue weighted by Crippen LogP contribution is -3.17. The third kappa shape index (κ3) is 4.67. The number of Topliss-reactive ketones (excluding diaryl/α,β-unsaturated/α-hetero) is 1. The van der Waals surface area contributed by atoms with Gasteiger partial charge in [-0.2, -0.15) is 0 Å². The maximum absolute atomic E-state index is 12.5. The Balaban J connectivity index is 2.19. The van der Waals surface area contributed by atoms with Gasteiger partial charge < -0.3 is 15.0 Å². The number of amides is 1. The molecule has 1 aliphatic rings. The van der Waals surface area contributed by atoms with Crippen LogP contribution in [0.25, 0.3) is 0 Å². The summed E-state index contributed by atoms with van der Waals surface area (Å²) >= 11 is 1.15. The summed E-state index contributed by atoms with van der Waals surface area (Å²) in [4.78, 5) is 38.3. The topological polar surface area (TPSA) is 76.9 Å². The standard InChI is InChI=1S/C18H26N2O4S/c1-5-24-18(23)15-12(3)16(13(4)21)25-17(15)19-14(22)10-20-9-7-6-8-11(20)2/h11H,5-10H2,1-4H3,(H,19,22)/p+1/t11-/m1/s1. The minimum Gasteiger partial charge on any atom is -0.462 e. The monoisotopic (exact) mass is 367 g/mol. The SMILES string of the molecule is CCOC(=O)c1c(NC(=O)C[NH+]2CCCC[C@H]2C)sc(C(C)=O)c1C. The van der Waals surface area contributed by atoms with Gasteiger partial charge in [-0.3, -0.25) is 9.59 Å². The zero-order valence-corrected chi connectivity index (χ0v) is 16.2. The van der Waals surface area contributed by atoms with Gasteiger partial charge in [-0.25, -0.2) is 4.79 Å². The molecule has 1 aromatic rings. The van der Waals surface area contributed by atoms with Crippen LogP contribution >= 0.6 is 11.3 Å². The van der Waals surface area contributed by atoms with Gasteiger partial charge in [-0.05, 0) is 52.5 Å². The Morgan fingerprint density at radius 2 is 2.04 bits per heavy atom. The Kier molecular flexibility index (Phi) is 6.72. The fourth-order valence-electron chi connectivity index (χ4n) is 3.28. The lowest BCUT2D eigenvalue weighted by atomic mass is 10.0. The molecule has 25 heavy (non-hydrogen) atoms. The van der Waals surface area contributed by atoms with Gasteiger partial charge in [0.25, 0.3) is 5.91 Å². The molecule has 6 nitrogen and oxygen atoms in total. The van der Waals surface area contributed by atoms with Crippen molar-refractivity contribution in [1.82, 2.24) is 0 Å². The average molecular weight is 367 g/mol. The summed E-state index contributed by atoms with van der Waals surface area (Å²) in [5, 5.41) is 3.25. The number of hydrogen-bond acceptors (Lipinski definition) is 5. The molecule has 2 heterocycles. The highest BCUT2D eigenvalue weighted by atomic mass is 32.1. The Morgan fingerprint density at radius 3 is 2.64 bits per heavy atom. The molecule has 2 rings (SSSR count). The van der Waals surface area contributed by atoms with Gasteiger partial charge >= 0.3 is 5.97 Å². The van der Waals surface area contributed by atoms with Gasteiger partial charge in [0, 0.05) is 0 Å². The van der Waals surface area contributed by atoms with E-state index in [0.717, 1.165) is 30.7 Å². The maximum Gasteiger partial charge on any atom is 0.341 e. The van der Waals surface area contributed by atoms with Crippen molar-refractivity contribution in [3.63, 3.8) is 0 Å². The molecule has 0 aliphatic carbocycles. The molecular formula is C18H27N2O4S+. The van der Waals surface area contributed by atoms with Gasteiger partial charge in [-0.15, -0.1) is 11.3 Å². The van der Waals surface area contributed by atoms with E-state index in [-0.39, 0.29) is 18.3 Å². The van der Waals surface area contributed by atoms with Crippen LogP contribution < -0.4 is 10.2 Å². The first-order valence-electron chi connectivity index (χ1n) is 8.81. The van der Waals surface area contributed by atoms with Crippen LogP contribution in [0.1, 0.15) is 65.6 Å². The van der Waals surface area contributed by atoms with Gasteiger partial charge in [0.15, 0.2) is 12.3 Å². The Labute approximate surface area is 152 Å². The summed E-state index contributed by atoms with van der Waals surface area (Å²) in [6, 6.07) is 0.460. The Morgan fingerprint density at radius 1 is 1.32 bits per heavy atom. The molecule has 0 spiro atoms. The molecule has 1 saturated heterocycles. The molecule has 1 fully saturated rings. The van der Waals surface area contributed by atoms with Crippen molar-refractivity contribution in [3.05, 3.63) is 16.0 Å². The summed E-state index contributed by atoms with van der Waals surface area (Å²) < 4.78 is 5.09. The van der Waals surface area contributed by atoms with Crippen LogP contribution in [-0.4, -0.2) is 43.4 Å². The highest BCUT2D eigenvalue weighted by molar-refractivity contribution is 7.18. The number of carbonyl (C=O) groups excluding carboxylic acids is 3. The van der Waals surface area contributed by atoms with Crippen molar-refractivity contribution in [3.8, 4) is 0 Å². The summed E-state index contributed by atoms with van der Waals surface area (Å²) in [7, 11) is 0. The number of quaternary nitrogens is 1. The number of hydrogen-bond donors (Lipinski definition) is 2. The molecule has 2 atom stereocenters. The van der Waals surface area contributed by atoms with E-state index in [1.807, 2.05) is 0 Å². The van der Waals surface area contributed by atoms with E-state index >= 15 is 0 Å². The Bertz CT molecular complexity index is 668. The molecule has 7 heteroatoms. The third-order valence-electron chi connectivity index (χ3n) is 4.67. The largest absolute Gasteiger partial charge is 0.462 e. The second kappa shape index (κ2) is 8.58. The molecule has 0 aromatic carbocycles. The highest BCUT2D eigenvalue weighted by Gasteiger charge is 2.28. The van der Waals surface area contributed by atoms with Crippen molar-refractivity contribution in [2.45, 2.75) is 53.0 Å². The van der Waals surface area contributed by atoms with E-state index in [9.17, 15) is 14.4 Å². The summed E-state index contributed by atoms with van der Waals surface area (Å²) in [6.45, 7) is 8.66. The predicted octanol–water partition coefficient (Wildman–Crippen LogP) is 1.83. The van der Waals surface area contributed by atoms with Crippen LogP contribution in [0.5, 0.6) is 0 Å². The van der Waals surface area contributed by atoms with E-state index in [4.69, 9.17) is 4.74 Å². The number of nitrogens with one attached hydrogen (secondary N) is 2. The van der Waals surface area contributed by atoms with E-state index < -0.39 is 5.97 Å². The summed E-state index contributed by atoms with van der Waals surface area (Å²) in [5.74, 6) is -0.757. The molecule has 0 radical (unpaired) electrons. The number of carbonyl (C=O) groups is 3. The summed E-state index contributed by atoms with van der Waals surface area (Å²) in [5.41, 5.74) is 0.872. The lowest BCUT2D eigenvalue weighted by molar-refractivity contribution is -0.920. The summed E-state index contributed by atoms with van der Waals surface area (Å²) in [6.07, 6.45) is 3.47. The third-order valence-corrected chi connectivity index (χ3v) is 5.98. The van der Waals surface area contributed by atoms with Gasteiger partial charge in [-0.1, -0.05) is 0 Å². The van der Waals surface area contributed by atoms with E-state index in [0.29, 0.717) is 33.6 Å². The van der Waals surface area contributed by atoms with Crippen LogP contribution in [0.2, 0.25) is 0 Å². The van der Waals surface area contributed by atoms with E-state index in [2.05, 4.69) is 12.2 Å². The van der Waals surface area contributed by atoms with Crippen molar-refractivity contribution in [2.24, 2.45) is 0 Å². The van der Waals surface area contributed by atoms with E-state index in [1.54, 1.807) is 13.8 Å². The number of ketones is 1. The quantitative estimate of drug-likeness (QED) is 0.594. The molecule has 0 saturated carbocycles. The normalized spacial score (nSPS) is 20.2. The molecule has 0 bridgehead atoms. The second-order valence-electron chi connectivity index (χ2n) is 6.57. The Hall–Kier alpha value is -1.73.